The molecule has 124 valence electrons. The van der Waals surface area contributed by atoms with Gasteiger partial charge in [0, 0.05) is 5.69 Å². The third-order valence-electron chi connectivity index (χ3n) is 3.33. The fraction of sp³-hybridized carbons (Fsp3) is 0.133. The molecule has 0 bridgehead atoms. The first-order valence-corrected chi connectivity index (χ1v) is 7.58. The molecule has 1 saturated heterocycles. The molecule has 1 aromatic heterocycles. The molecule has 0 unspecified atom stereocenters. The number of carbonyl (C=O) groups is 2. The van der Waals surface area contributed by atoms with Crippen molar-refractivity contribution in [2.45, 2.75) is 0 Å². The summed E-state index contributed by atoms with van der Waals surface area (Å²) in [6.45, 7) is 0.606. The molecule has 1 aromatic carbocycles. The highest BCUT2D eigenvalue weighted by Crippen LogP contribution is 2.26. The van der Waals surface area contributed by atoms with E-state index in [4.69, 9.17) is 27.9 Å². The minimum Gasteiger partial charge on any atom is -0.447 e. The van der Waals surface area contributed by atoms with Crippen molar-refractivity contribution >= 4 is 46.6 Å². The van der Waals surface area contributed by atoms with Crippen molar-refractivity contribution in [3.8, 4) is 0 Å². The molecule has 24 heavy (non-hydrogen) atoms. The van der Waals surface area contributed by atoms with E-state index in [-0.39, 0.29) is 28.2 Å². The second-order valence-electron chi connectivity index (χ2n) is 4.86. The highest BCUT2D eigenvalue weighted by Gasteiger charge is 2.24. The van der Waals surface area contributed by atoms with Crippen LogP contribution in [0.15, 0.2) is 30.3 Å². The zero-order chi connectivity index (χ0) is 17.3. The molecule has 3 rings (SSSR count). The quantitative estimate of drug-likeness (QED) is 0.836. The third kappa shape index (κ3) is 3.27. The molecular formula is C15H10Cl2FN3O3. The maximum absolute atomic E-state index is 14.0. The van der Waals surface area contributed by atoms with E-state index in [0.29, 0.717) is 12.2 Å². The Morgan fingerprint density at radius 3 is 2.75 bits per heavy atom. The van der Waals surface area contributed by atoms with Gasteiger partial charge in [0.1, 0.15) is 22.7 Å². The Morgan fingerprint density at radius 1 is 1.29 bits per heavy atom. The van der Waals surface area contributed by atoms with Crippen LogP contribution < -0.4 is 10.2 Å². The van der Waals surface area contributed by atoms with E-state index in [1.165, 1.54) is 29.2 Å². The summed E-state index contributed by atoms with van der Waals surface area (Å²) < 4.78 is 18.8. The maximum Gasteiger partial charge on any atom is 0.414 e. The number of cyclic esters (lactones) is 1. The predicted octanol–water partition coefficient (Wildman–Crippen LogP) is 3.74. The lowest BCUT2D eigenvalue weighted by Crippen LogP contribution is -2.23. The highest BCUT2D eigenvalue weighted by molar-refractivity contribution is 6.35. The van der Waals surface area contributed by atoms with E-state index in [1.807, 2.05) is 0 Å². The average molecular weight is 370 g/mol. The Hall–Kier alpha value is -2.38. The highest BCUT2D eigenvalue weighted by atomic mass is 35.5. The van der Waals surface area contributed by atoms with E-state index >= 15 is 0 Å². The lowest BCUT2D eigenvalue weighted by Gasteiger charge is -2.15. The van der Waals surface area contributed by atoms with Crippen LogP contribution in [-0.4, -0.2) is 30.1 Å². The van der Waals surface area contributed by atoms with Crippen LogP contribution in [0, 0.1) is 5.82 Å². The third-order valence-corrected chi connectivity index (χ3v) is 3.83. The molecule has 2 amide bonds. The van der Waals surface area contributed by atoms with Gasteiger partial charge in [0.25, 0.3) is 5.91 Å². The zero-order valence-electron chi connectivity index (χ0n) is 12.1. The van der Waals surface area contributed by atoms with Gasteiger partial charge in [0.15, 0.2) is 0 Å². The van der Waals surface area contributed by atoms with Gasteiger partial charge in [-0.05, 0) is 30.3 Å². The number of pyridine rings is 1. The van der Waals surface area contributed by atoms with Gasteiger partial charge in [0.2, 0.25) is 0 Å². The lowest BCUT2D eigenvalue weighted by atomic mass is 10.2. The van der Waals surface area contributed by atoms with Crippen LogP contribution in [0.1, 0.15) is 10.4 Å². The molecular weight excluding hydrogens is 360 g/mol. The molecule has 1 aliphatic heterocycles. The molecule has 1 aliphatic rings. The number of hydrogen-bond donors (Lipinski definition) is 1. The van der Waals surface area contributed by atoms with Gasteiger partial charge in [-0.1, -0.05) is 23.2 Å². The molecule has 1 fully saturated rings. The van der Waals surface area contributed by atoms with E-state index < -0.39 is 17.8 Å². The standard InChI is InChI=1S/C15H10Cl2FN3O3/c16-12-4-2-9(13(17)20-12)14(22)19-11-7-8(1-3-10(11)18)21-5-6-24-15(21)23/h1-4,7H,5-6H2,(H,19,22). The summed E-state index contributed by atoms with van der Waals surface area (Å²) >= 11 is 11.5. The molecule has 0 spiro atoms. The number of rotatable bonds is 3. The predicted molar refractivity (Wildman–Crippen MR) is 87.3 cm³/mol. The number of carbonyl (C=O) groups excluding carboxylic acids is 2. The lowest BCUT2D eigenvalue weighted by molar-refractivity contribution is 0.102. The summed E-state index contributed by atoms with van der Waals surface area (Å²) in [5, 5.41) is 2.44. The topological polar surface area (TPSA) is 71.5 Å². The van der Waals surface area contributed by atoms with Crippen molar-refractivity contribution in [1.82, 2.24) is 4.98 Å². The van der Waals surface area contributed by atoms with Crippen LogP contribution in [0.5, 0.6) is 0 Å². The van der Waals surface area contributed by atoms with Crippen molar-refractivity contribution in [3.05, 3.63) is 52.0 Å². The molecule has 2 heterocycles. The van der Waals surface area contributed by atoms with Gasteiger partial charge in [-0.3, -0.25) is 9.69 Å². The van der Waals surface area contributed by atoms with Crippen LogP contribution in [-0.2, 0) is 4.74 Å². The van der Waals surface area contributed by atoms with E-state index in [0.717, 1.165) is 6.07 Å². The molecule has 1 N–H and O–H groups in total. The molecule has 0 atom stereocenters. The molecule has 9 heteroatoms. The molecule has 0 saturated carbocycles. The Balaban J connectivity index is 1.86. The molecule has 2 aromatic rings. The Labute approximate surface area is 146 Å². The van der Waals surface area contributed by atoms with Gasteiger partial charge >= 0.3 is 6.09 Å². The Kier molecular flexibility index (Phi) is 4.55. The number of nitrogens with one attached hydrogen (secondary N) is 1. The number of anilines is 2. The summed E-state index contributed by atoms with van der Waals surface area (Å²) in [4.78, 5) is 28.9. The molecule has 0 radical (unpaired) electrons. The van der Waals surface area contributed by atoms with E-state index in [1.54, 1.807) is 0 Å². The van der Waals surface area contributed by atoms with Crippen molar-refractivity contribution in [1.29, 1.82) is 0 Å². The van der Waals surface area contributed by atoms with Gasteiger partial charge in [-0.25, -0.2) is 14.2 Å². The fourth-order valence-electron chi connectivity index (χ4n) is 2.18. The summed E-state index contributed by atoms with van der Waals surface area (Å²) in [6, 6.07) is 6.70. The van der Waals surface area contributed by atoms with Gasteiger partial charge in [-0.2, -0.15) is 0 Å². The number of benzene rings is 1. The normalized spacial score (nSPS) is 13.8. The van der Waals surface area contributed by atoms with Crippen LogP contribution in [0.25, 0.3) is 0 Å². The second-order valence-corrected chi connectivity index (χ2v) is 5.60. The fourth-order valence-corrected chi connectivity index (χ4v) is 2.61. The summed E-state index contributed by atoms with van der Waals surface area (Å²) in [7, 11) is 0. The Morgan fingerprint density at radius 2 is 2.08 bits per heavy atom. The molecule has 6 nitrogen and oxygen atoms in total. The van der Waals surface area contributed by atoms with Gasteiger partial charge < -0.3 is 10.1 Å². The first-order chi connectivity index (χ1) is 11.5. The van der Waals surface area contributed by atoms with Crippen molar-refractivity contribution in [2.75, 3.05) is 23.4 Å². The second kappa shape index (κ2) is 6.62. The van der Waals surface area contributed by atoms with Gasteiger partial charge in [0.05, 0.1) is 17.8 Å². The first kappa shape index (κ1) is 16.5. The number of nitrogens with zero attached hydrogens (tertiary/aromatic N) is 2. The monoisotopic (exact) mass is 369 g/mol. The largest absolute Gasteiger partial charge is 0.447 e. The number of ether oxygens (including phenoxy) is 1. The van der Waals surface area contributed by atoms with Gasteiger partial charge in [-0.15, -0.1) is 0 Å². The van der Waals surface area contributed by atoms with Crippen molar-refractivity contribution in [2.24, 2.45) is 0 Å². The number of hydrogen-bond acceptors (Lipinski definition) is 4. The van der Waals surface area contributed by atoms with E-state index in [2.05, 4.69) is 10.3 Å². The summed E-state index contributed by atoms with van der Waals surface area (Å²) in [5.41, 5.74) is 0.365. The van der Waals surface area contributed by atoms with Crippen LogP contribution in [0.2, 0.25) is 10.3 Å². The average Bonchev–Trinajstić information content (AvgIpc) is 2.95. The summed E-state index contributed by atoms with van der Waals surface area (Å²) in [5.74, 6) is -1.30. The van der Waals surface area contributed by atoms with E-state index in [9.17, 15) is 14.0 Å². The number of halogens is 3. The number of aromatic nitrogens is 1. The number of amides is 2. The zero-order valence-corrected chi connectivity index (χ0v) is 13.6. The Bertz CT molecular complexity index is 832. The van der Waals surface area contributed by atoms with Crippen molar-refractivity contribution < 1.29 is 18.7 Å². The first-order valence-electron chi connectivity index (χ1n) is 6.83. The summed E-state index contributed by atoms with van der Waals surface area (Å²) in [6.07, 6.45) is -0.524. The maximum atomic E-state index is 14.0. The SMILES string of the molecule is O=C(Nc1cc(N2CCOC2=O)ccc1F)c1ccc(Cl)nc1Cl. The van der Waals surface area contributed by atoms with Crippen LogP contribution >= 0.6 is 23.2 Å². The molecule has 0 aliphatic carbocycles. The van der Waals surface area contributed by atoms with Crippen LogP contribution in [0.3, 0.4) is 0 Å². The van der Waals surface area contributed by atoms with Crippen molar-refractivity contribution in [3.63, 3.8) is 0 Å². The minimum absolute atomic E-state index is 0.0476. The van der Waals surface area contributed by atoms with Crippen LogP contribution in [0.4, 0.5) is 20.6 Å². The smallest absolute Gasteiger partial charge is 0.414 e. The minimum atomic E-state index is -0.655.